The molecule has 0 bridgehead atoms. The molecule has 1 atom stereocenters. The third-order valence-corrected chi connectivity index (χ3v) is 6.07. The zero-order valence-electron chi connectivity index (χ0n) is 16.1. The van der Waals surface area contributed by atoms with Gasteiger partial charge in [0, 0.05) is 11.4 Å². The van der Waals surface area contributed by atoms with Gasteiger partial charge in [-0.15, -0.1) is 11.3 Å². The molecule has 0 fully saturated rings. The lowest BCUT2D eigenvalue weighted by Crippen LogP contribution is -2.42. The predicted octanol–water partition coefficient (Wildman–Crippen LogP) is 4.62. The van der Waals surface area contributed by atoms with Crippen molar-refractivity contribution in [1.29, 1.82) is 0 Å². The Morgan fingerprint density at radius 2 is 1.96 bits per heavy atom. The first-order valence-corrected chi connectivity index (χ1v) is 10.2. The summed E-state index contributed by atoms with van der Waals surface area (Å²) >= 11 is 1.77. The van der Waals surface area contributed by atoms with E-state index < -0.39 is 0 Å². The summed E-state index contributed by atoms with van der Waals surface area (Å²) in [5.74, 6) is 1.21. The lowest BCUT2D eigenvalue weighted by Gasteiger charge is -2.36. The summed E-state index contributed by atoms with van der Waals surface area (Å²) in [6, 6.07) is 18.0. The maximum atomic E-state index is 13.1. The number of aryl methyl sites for hydroxylation is 1. The first-order valence-electron chi connectivity index (χ1n) is 9.35. The third-order valence-electron chi connectivity index (χ3n) is 5.07. The van der Waals surface area contributed by atoms with E-state index in [0.717, 1.165) is 17.5 Å². The second-order valence-electron chi connectivity index (χ2n) is 6.89. The summed E-state index contributed by atoms with van der Waals surface area (Å²) < 4.78 is 11.2. The SMILES string of the molecule is COc1cc(C)ccc1OCC(=O)N1CCc2sccc2C1c1ccccc1. The van der Waals surface area contributed by atoms with Gasteiger partial charge in [-0.2, -0.15) is 0 Å². The number of fused-ring (bicyclic) bond motifs is 1. The number of amides is 1. The maximum Gasteiger partial charge on any atom is 0.261 e. The quantitative estimate of drug-likeness (QED) is 0.635. The van der Waals surface area contributed by atoms with Gasteiger partial charge in [0.15, 0.2) is 18.1 Å². The Balaban J connectivity index is 1.56. The van der Waals surface area contributed by atoms with E-state index in [1.165, 1.54) is 10.4 Å². The van der Waals surface area contributed by atoms with E-state index >= 15 is 0 Å². The van der Waals surface area contributed by atoms with Gasteiger partial charge in [0.05, 0.1) is 13.2 Å². The van der Waals surface area contributed by atoms with Crippen LogP contribution in [0.25, 0.3) is 0 Å². The van der Waals surface area contributed by atoms with Gasteiger partial charge in [-0.05, 0) is 53.6 Å². The van der Waals surface area contributed by atoms with Crippen LogP contribution >= 0.6 is 11.3 Å². The van der Waals surface area contributed by atoms with E-state index in [4.69, 9.17) is 9.47 Å². The Hall–Kier alpha value is -2.79. The van der Waals surface area contributed by atoms with Crippen molar-refractivity contribution in [3.05, 3.63) is 81.5 Å². The second kappa shape index (κ2) is 8.07. The number of thiophene rings is 1. The highest BCUT2D eigenvalue weighted by molar-refractivity contribution is 7.10. The number of methoxy groups -OCH3 is 1. The Kier molecular flexibility index (Phi) is 5.35. The topological polar surface area (TPSA) is 38.8 Å². The third kappa shape index (κ3) is 3.62. The van der Waals surface area contributed by atoms with Crippen LogP contribution in [0, 0.1) is 6.92 Å². The van der Waals surface area contributed by atoms with E-state index in [-0.39, 0.29) is 18.6 Å². The van der Waals surface area contributed by atoms with Gasteiger partial charge < -0.3 is 14.4 Å². The number of rotatable bonds is 5. The summed E-state index contributed by atoms with van der Waals surface area (Å²) in [6.07, 6.45) is 0.885. The molecule has 2 heterocycles. The van der Waals surface area contributed by atoms with Crippen LogP contribution in [-0.4, -0.2) is 31.1 Å². The molecule has 0 radical (unpaired) electrons. The van der Waals surface area contributed by atoms with Crippen molar-refractivity contribution in [3.63, 3.8) is 0 Å². The average Bonchev–Trinajstić information content (AvgIpc) is 3.21. The normalized spacial score (nSPS) is 15.8. The molecular formula is C23H23NO3S. The molecule has 28 heavy (non-hydrogen) atoms. The van der Waals surface area contributed by atoms with Crippen molar-refractivity contribution < 1.29 is 14.3 Å². The minimum atomic E-state index is -0.0628. The molecule has 4 nitrogen and oxygen atoms in total. The van der Waals surface area contributed by atoms with Crippen LogP contribution in [-0.2, 0) is 11.2 Å². The number of carbonyl (C=O) groups is 1. The molecule has 0 saturated carbocycles. The maximum absolute atomic E-state index is 13.1. The lowest BCUT2D eigenvalue weighted by atomic mass is 9.93. The number of nitrogens with zero attached hydrogens (tertiary/aromatic N) is 1. The van der Waals surface area contributed by atoms with Gasteiger partial charge in [-0.3, -0.25) is 4.79 Å². The molecule has 144 valence electrons. The largest absolute Gasteiger partial charge is 0.493 e. The molecule has 2 aromatic carbocycles. The van der Waals surface area contributed by atoms with Crippen LogP contribution in [0.5, 0.6) is 11.5 Å². The Bertz CT molecular complexity index is 967. The smallest absolute Gasteiger partial charge is 0.261 e. The van der Waals surface area contributed by atoms with Gasteiger partial charge in [-0.25, -0.2) is 0 Å². The lowest BCUT2D eigenvalue weighted by molar-refractivity contribution is -0.135. The van der Waals surface area contributed by atoms with Crippen LogP contribution in [0.4, 0.5) is 0 Å². The van der Waals surface area contributed by atoms with Gasteiger partial charge in [0.1, 0.15) is 0 Å². The van der Waals surface area contributed by atoms with Crippen LogP contribution in [0.2, 0.25) is 0 Å². The molecule has 0 saturated heterocycles. The number of ether oxygens (including phenoxy) is 2. The molecule has 3 aromatic rings. The monoisotopic (exact) mass is 393 g/mol. The van der Waals surface area contributed by atoms with Crippen molar-refractivity contribution >= 4 is 17.2 Å². The molecular weight excluding hydrogens is 370 g/mol. The molecule has 5 heteroatoms. The molecule has 1 amide bonds. The summed E-state index contributed by atoms with van der Waals surface area (Å²) in [7, 11) is 1.61. The first kappa shape index (κ1) is 18.6. The Labute approximate surface area is 169 Å². The van der Waals surface area contributed by atoms with Crippen molar-refractivity contribution in [3.8, 4) is 11.5 Å². The van der Waals surface area contributed by atoms with Crippen molar-refractivity contribution in [2.24, 2.45) is 0 Å². The van der Waals surface area contributed by atoms with Crippen molar-refractivity contribution in [2.75, 3.05) is 20.3 Å². The molecule has 1 unspecified atom stereocenters. The highest BCUT2D eigenvalue weighted by atomic mass is 32.1. The highest BCUT2D eigenvalue weighted by Crippen LogP contribution is 2.38. The van der Waals surface area contributed by atoms with E-state index in [2.05, 4.69) is 23.6 Å². The molecule has 0 aliphatic carbocycles. The van der Waals surface area contributed by atoms with E-state index in [1.807, 2.05) is 48.2 Å². The summed E-state index contributed by atoms with van der Waals surface area (Å²) in [5, 5.41) is 2.11. The fourth-order valence-corrected chi connectivity index (χ4v) is 4.60. The number of benzene rings is 2. The molecule has 1 aliphatic rings. The van der Waals surface area contributed by atoms with Crippen molar-refractivity contribution in [1.82, 2.24) is 4.90 Å². The van der Waals surface area contributed by atoms with E-state index in [1.54, 1.807) is 18.4 Å². The fourth-order valence-electron chi connectivity index (χ4n) is 3.70. The van der Waals surface area contributed by atoms with Crippen LogP contribution in [0.1, 0.15) is 27.6 Å². The molecule has 1 aliphatic heterocycles. The van der Waals surface area contributed by atoms with Crippen molar-refractivity contribution in [2.45, 2.75) is 19.4 Å². The average molecular weight is 394 g/mol. The molecule has 0 N–H and O–H groups in total. The molecule has 4 rings (SSSR count). The van der Waals surface area contributed by atoms with Gasteiger partial charge in [0.2, 0.25) is 0 Å². The van der Waals surface area contributed by atoms with E-state index in [9.17, 15) is 4.79 Å². The molecule has 0 spiro atoms. The van der Waals surface area contributed by atoms with Crippen LogP contribution in [0.3, 0.4) is 0 Å². The Morgan fingerprint density at radius 3 is 2.75 bits per heavy atom. The number of carbonyl (C=O) groups excluding carboxylic acids is 1. The predicted molar refractivity (Wildman–Crippen MR) is 111 cm³/mol. The fraction of sp³-hybridized carbons (Fsp3) is 0.261. The second-order valence-corrected chi connectivity index (χ2v) is 7.89. The number of hydrogen-bond acceptors (Lipinski definition) is 4. The highest BCUT2D eigenvalue weighted by Gasteiger charge is 2.32. The minimum Gasteiger partial charge on any atom is -0.493 e. The standard InChI is InChI=1S/C23H23NO3S/c1-16-8-9-19(20(14-16)26-2)27-15-22(25)24-12-10-21-18(11-13-28-21)23(24)17-6-4-3-5-7-17/h3-9,11,13-14,23H,10,12,15H2,1-2H3. The zero-order valence-corrected chi connectivity index (χ0v) is 16.9. The summed E-state index contributed by atoms with van der Waals surface area (Å²) in [4.78, 5) is 16.4. The van der Waals surface area contributed by atoms with E-state index in [0.29, 0.717) is 18.0 Å². The summed E-state index contributed by atoms with van der Waals surface area (Å²) in [5.41, 5.74) is 3.44. The van der Waals surface area contributed by atoms with Gasteiger partial charge in [0.25, 0.3) is 5.91 Å². The Morgan fingerprint density at radius 1 is 1.14 bits per heavy atom. The van der Waals surface area contributed by atoms with Gasteiger partial charge >= 0.3 is 0 Å². The molecule has 1 aromatic heterocycles. The number of hydrogen-bond donors (Lipinski definition) is 0. The van der Waals surface area contributed by atoms with Crippen LogP contribution in [0.15, 0.2) is 60.0 Å². The minimum absolute atomic E-state index is 0.0117. The van der Waals surface area contributed by atoms with Gasteiger partial charge in [-0.1, -0.05) is 36.4 Å². The zero-order chi connectivity index (χ0) is 19.5. The summed E-state index contributed by atoms with van der Waals surface area (Å²) in [6.45, 7) is 2.68. The first-order chi connectivity index (χ1) is 13.7. The van der Waals surface area contributed by atoms with Crippen LogP contribution < -0.4 is 9.47 Å².